The highest BCUT2D eigenvalue weighted by Crippen LogP contribution is 2.36. The first-order valence-corrected chi connectivity index (χ1v) is 8.12. The van der Waals surface area contributed by atoms with E-state index in [1.54, 1.807) is 49.4 Å². The van der Waals surface area contributed by atoms with Crippen LogP contribution in [-0.4, -0.2) is 30.0 Å². The van der Waals surface area contributed by atoms with Crippen molar-refractivity contribution < 1.29 is 23.9 Å². The second kappa shape index (κ2) is 6.87. The predicted octanol–water partition coefficient (Wildman–Crippen LogP) is 2.59. The number of ether oxygens (including phenoxy) is 2. The Morgan fingerprint density at radius 3 is 2.62 bits per heavy atom. The molecule has 134 valence electrons. The lowest BCUT2D eigenvalue weighted by molar-refractivity contribution is -0.165. The lowest BCUT2D eigenvalue weighted by Gasteiger charge is -2.32. The van der Waals surface area contributed by atoms with Gasteiger partial charge in [0.25, 0.3) is 17.4 Å². The molecule has 1 aliphatic rings. The van der Waals surface area contributed by atoms with Crippen molar-refractivity contribution in [2.75, 3.05) is 17.2 Å². The maximum absolute atomic E-state index is 12.3. The van der Waals surface area contributed by atoms with Gasteiger partial charge in [-0.05, 0) is 38.1 Å². The molecule has 0 saturated heterocycles. The van der Waals surface area contributed by atoms with E-state index in [1.807, 2.05) is 6.07 Å². The molecule has 1 aliphatic heterocycles. The smallest absolute Gasteiger partial charge is 0.360 e. The van der Waals surface area contributed by atoms with Gasteiger partial charge in [-0.2, -0.15) is 0 Å². The van der Waals surface area contributed by atoms with Crippen molar-refractivity contribution in [3.05, 3.63) is 54.1 Å². The third-order valence-corrected chi connectivity index (χ3v) is 3.94. The molecular formula is C19H18N2O5. The van der Waals surface area contributed by atoms with Crippen molar-refractivity contribution in [1.29, 1.82) is 0 Å². The molecule has 0 saturated carbocycles. The van der Waals surface area contributed by atoms with Crippen molar-refractivity contribution in [2.24, 2.45) is 0 Å². The fourth-order valence-electron chi connectivity index (χ4n) is 2.49. The van der Waals surface area contributed by atoms with Crippen LogP contribution in [0.3, 0.4) is 0 Å². The summed E-state index contributed by atoms with van der Waals surface area (Å²) in [5, 5.41) is 5.38. The highest BCUT2D eigenvalue weighted by molar-refractivity contribution is 6.14. The Labute approximate surface area is 150 Å². The van der Waals surface area contributed by atoms with Crippen LogP contribution in [0, 0.1) is 0 Å². The normalized spacial score (nSPS) is 18.2. The van der Waals surface area contributed by atoms with Gasteiger partial charge in [0.2, 0.25) is 0 Å². The molecule has 0 bridgehead atoms. The number of carbonyl (C=O) groups excluding carboxylic acids is 3. The van der Waals surface area contributed by atoms with E-state index in [0.29, 0.717) is 16.9 Å². The SMILES string of the molecule is CCOC(=O)[C@@]1(C)Oc2cc(NC(=O)c3ccccc3)ccc2NC1=O. The summed E-state index contributed by atoms with van der Waals surface area (Å²) in [4.78, 5) is 36.6. The van der Waals surface area contributed by atoms with E-state index in [2.05, 4.69) is 10.6 Å². The Morgan fingerprint density at radius 2 is 1.92 bits per heavy atom. The van der Waals surface area contributed by atoms with Gasteiger partial charge in [0.05, 0.1) is 12.3 Å². The molecule has 0 aromatic heterocycles. The number of fused-ring (bicyclic) bond motifs is 1. The molecule has 0 spiro atoms. The minimum atomic E-state index is -1.79. The van der Waals surface area contributed by atoms with E-state index in [4.69, 9.17) is 9.47 Å². The van der Waals surface area contributed by atoms with E-state index in [-0.39, 0.29) is 18.3 Å². The monoisotopic (exact) mass is 354 g/mol. The predicted molar refractivity (Wildman–Crippen MR) is 95.1 cm³/mol. The van der Waals surface area contributed by atoms with Crippen LogP contribution < -0.4 is 15.4 Å². The molecule has 0 unspecified atom stereocenters. The van der Waals surface area contributed by atoms with Crippen LogP contribution in [0.5, 0.6) is 5.75 Å². The van der Waals surface area contributed by atoms with Gasteiger partial charge >= 0.3 is 5.97 Å². The molecule has 1 atom stereocenters. The highest BCUT2D eigenvalue weighted by atomic mass is 16.6. The van der Waals surface area contributed by atoms with Crippen LogP contribution in [0.25, 0.3) is 0 Å². The molecule has 2 N–H and O–H groups in total. The van der Waals surface area contributed by atoms with Gasteiger partial charge in [0, 0.05) is 17.3 Å². The van der Waals surface area contributed by atoms with Crippen LogP contribution in [0.15, 0.2) is 48.5 Å². The highest BCUT2D eigenvalue weighted by Gasteiger charge is 2.48. The first-order valence-electron chi connectivity index (χ1n) is 8.12. The largest absolute Gasteiger partial charge is 0.464 e. The number of hydrogen-bond donors (Lipinski definition) is 2. The zero-order valence-electron chi connectivity index (χ0n) is 14.4. The quantitative estimate of drug-likeness (QED) is 0.650. The number of esters is 1. The average Bonchev–Trinajstić information content (AvgIpc) is 2.64. The van der Waals surface area contributed by atoms with Crippen molar-refractivity contribution in [2.45, 2.75) is 19.4 Å². The van der Waals surface area contributed by atoms with Crippen LogP contribution in [-0.2, 0) is 14.3 Å². The first kappa shape index (κ1) is 17.5. The molecule has 2 aromatic carbocycles. The second-order valence-electron chi connectivity index (χ2n) is 5.84. The summed E-state index contributed by atoms with van der Waals surface area (Å²) in [6.07, 6.45) is 0. The molecule has 2 aromatic rings. The summed E-state index contributed by atoms with van der Waals surface area (Å²) in [5.74, 6) is -1.39. The maximum atomic E-state index is 12.3. The summed E-state index contributed by atoms with van der Waals surface area (Å²) >= 11 is 0. The van der Waals surface area contributed by atoms with Crippen LogP contribution >= 0.6 is 0 Å². The van der Waals surface area contributed by atoms with Crippen LogP contribution in [0.4, 0.5) is 11.4 Å². The fraction of sp³-hybridized carbons (Fsp3) is 0.211. The molecule has 7 nitrogen and oxygen atoms in total. The summed E-state index contributed by atoms with van der Waals surface area (Å²) in [6, 6.07) is 13.5. The molecule has 3 rings (SSSR count). The average molecular weight is 354 g/mol. The zero-order valence-corrected chi connectivity index (χ0v) is 14.4. The van der Waals surface area contributed by atoms with Gasteiger partial charge < -0.3 is 20.1 Å². The number of anilines is 2. The first-order chi connectivity index (χ1) is 12.4. The molecule has 2 amide bonds. The summed E-state index contributed by atoms with van der Waals surface area (Å²) in [7, 11) is 0. The van der Waals surface area contributed by atoms with E-state index >= 15 is 0 Å². The Hall–Kier alpha value is -3.35. The Balaban J connectivity index is 1.83. The fourth-order valence-corrected chi connectivity index (χ4v) is 2.49. The molecule has 0 aliphatic carbocycles. The van der Waals surface area contributed by atoms with Gasteiger partial charge in [-0.25, -0.2) is 4.79 Å². The summed E-state index contributed by atoms with van der Waals surface area (Å²) < 4.78 is 10.6. The number of hydrogen-bond acceptors (Lipinski definition) is 5. The van der Waals surface area contributed by atoms with Gasteiger partial charge in [0.1, 0.15) is 5.75 Å². The van der Waals surface area contributed by atoms with Crippen LogP contribution in [0.2, 0.25) is 0 Å². The standard InChI is InChI=1S/C19H18N2O5/c1-3-25-18(24)19(2)17(23)21-14-10-9-13(11-15(14)26-19)20-16(22)12-7-5-4-6-8-12/h4-11H,3H2,1-2H3,(H,20,22)(H,21,23)/t19-/m0/s1. The number of nitrogens with one attached hydrogen (secondary N) is 2. The van der Waals surface area contributed by atoms with Crippen molar-refractivity contribution in [3.63, 3.8) is 0 Å². The minimum Gasteiger partial charge on any atom is -0.464 e. The molecule has 1 heterocycles. The molecule has 26 heavy (non-hydrogen) atoms. The van der Waals surface area contributed by atoms with Crippen molar-refractivity contribution >= 4 is 29.2 Å². The molecular weight excluding hydrogens is 336 g/mol. The number of carbonyl (C=O) groups is 3. The van der Waals surface area contributed by atoms with Crippen molar-refractivity contribution in [3.8, 4) is 5.75 Å². The van der Waals surface area contributed by atoms with E-state index in [0.717, 1.165) is 0 Å². The van der Waals surface area contributed by atoms with E-state index in [9.17, 15) is 14.4 Å². The number of benzene rings is 2. The van der Waals surface area contributed by atoms with Crippen LogP contribution in [0.1, 0.15) is 24.2 Å². The molecule has 7 heteroatoms. The lowest BCUT2D eigenvalue weighted by Crippen LogP contribution is -2.55. The zero-order chi connectivity index (χ0) is 18.7. The second-order valence-corrected chi connectivity index (χ2v) is 5.84. The molecule has 0 radical (unpaired) electrons. The molecule has 0 fully saturated rings. The number of rotatable bonds is 4. The van der Waals surface area contributed by atoms with Crippen molar-refractivity contribution in [1.82, 2.24) is 0 Å². The topological polar surface area (TPSA) is 93.7 Å². The third kappa shape index (κ3) is 3.23. The van der Waals surface area contributed by atoms with E-state index in [1.165, 1.54) is 6.92 Å². The maximum Gasteiger partial charge on any atom is 0.360 e. The summed E-state index contributed by atoms with van der Waals surface area (Å²) in [5.41, 5.74) is -0.393. The number of amides is 2. The Morgan fingerprint density at radius 1 is 1.19 bits per heavy atom. The van der Waals surface area contributed by atoms with E-state index < -0.39 is 17.5 Å². The van der Waals surface area contributed by atoms with Gasteiger partial charge in [0.15, 0.2) is 0 Å². The van der Waals surface area contributed by atoms with Gasteiger partial charge in [-0.15, -0.1) is 0 Å². The minimum absolute atomic E-state index is 0.130. The summed E-state index contributed by atoms with van der Waals surface area (Å²) in [6.45, 7) is 3.12. The third-order valence-electron chi connectivity index (χ3n) is 3.94. The van der Waals surface area contributed by atoms with Gasteiger partial charge in [-0.3, -0.25) is 9.59 Å². The van der Waals surface area contributed by atoms with Gasteiger partial charge in [-0.1, -0.05) is 18.2 Å². The Bertz CT molecular complexity index is 865. The lowest BCUT2D eigenvalue weighted by atomic mass is 10.0. The Kier molecular flexibility index (Phi) is 4.62.